The van der Waals surface area contributed by atoms with Gasteiger partial charge in [0.05, 0.1) is 36.9 Å². The van der Waals surface area contributed by atoms with E-state index < -0.39 is 10.7 Å². The maximum absolute atomic E-state index is 12.7. The third kappa shape index (κ3) is 5.08. The fraction of sp³-hybridized carbons (Fsp3) is 0.263. The van der Waals surface area contributed by atoms with Crippen LogP contribution in [0.25, 0.3) is 0 Å². The van der Waals surface area contributed by atoms with E-state index in [9.17, 15) is 9.59 Å². The molecule has 0 radical (unpaired) electrons. The minimum absolute atomic E-state index is 0.274. The summed E-state index contributed by atoms with van der Waals surface area (Å²) in [6.45, 7) is 1.68. The highest BCUT2D eigenvalue weighted by molar-refractivity contribution is 9.10. The van der Waals surface area contributed by atoms with Crippen LogP contribution in [-0.4, -0.2) is 38.0 Å². The zero-order valence-electron chi connectivity index (χ0n) is 15.8. The van der Waals surface area contributed by atoms with E-state index in [-0.39, 0.29) is 5.91 Å². The molecule has 2 N–H and O–H groups in total. The predicted octanol–water partition coefficient (Wildman–Crippen LogP) is 4.34. The van der Waals surface area contributed by atoms with Gasteiger partial charge in [-0.05, 0) is 25.1 Å². The van der Waals surface area contributed by atoms with Crippen LogP contribution in [0.15, 0.2) is 30.3 Å². The monoisotopic (exact) mass is 470 g/mol. The van der Waals surface area contributed by atoms with Gasteiger partial charge in [0, 0.05) is 23.4 Å². The van der Waals surface area contributed by atoms with Crippen molar-refractivity contribution in [1.82, 2.24) is 0 Å². The van der Waals surface area contributed by atoms with Gasteiger partial charge in [-0.15, -0.1) is 0 Å². The van der Waals surface area contributed by atoms with Gasteiger partial charge in [-0.3, -0.25) is 9.59 Å². The summed E-state index contributed by atoms with van der Waals surface area (Å²) in [5.41, 5.74) is 1.11. The number of carbonyl (C=O) groups is 2. The Morgan fingerprint density at radius 2 is 1.61 bits per heavy atom. The lowest BCUT2D eigenvalue weighted by molar-refractivity contribution is -0.115. The van der Waals surface area contributed by atoms with E-state index in [0.29, 0.717) is 39.2 Å². The van der Waals surface area contributed by atoms with E-state index in [4.69, 9.17) is 25.8 Å². The zero-order chi connectivity index (χ0) is 20.8. The minimum atomic E-state index is -0.403. The molecule has 7 nitrogen and oxygen atoms in total. The fourth-order valence-electron chi connectivity index (χ4n) is 2.35. The van der Waals surface area contributed by atoms with Crippen LogP contribution >= 0.6 is 27.5 Å². The molecule has 0 saturated heterocycles. The summed E-state index contributed by atoms with van der Waals surface area (Å²) in [4.78, 5) is 24.1. The molecular formula is C19H20BrClN2O5. The van der Waals surface area contributed by atoms with Crippen LogP contribution in [0.4, 0.5) is 11.4 Å². The molecule has 150 valence electrons. The van der Waals surface area contributed by atoms with Crippen molar-refractivity contribution in [2.75, 3.05) is 32.0 Å². The third-order valence-corrected chi connectivity index (χ3v) is 4.52. The van der Waals surface area contributed by atoms with Crippen LogP contribution in [0.1, 0.15) is 17.3 Å². The summed E-state index contributed by atoms with van der Waals surface area (Å²) in [7, 11) is 4.47. The van der Waals surface area contributed by atoms with Crippen LogP contribution < -0.4 is 24.8 Å². The summed E-state index contributed by atoms with van der Waals surface area (Å²) in [6.07, 6.45) is 0. The topological polar surface area (TPSA) is 85.9 Å². The molecule has 28 heavy (non-hydrogen) atoms. The Kier molecular flexibility index (Phi) is 7.53. The molecule has 0 fully saturated rings. The van der Waals surface area contributed by atoms with Crippen molar-refractivity contribution in [2.24, 2.45) is 0 Å². The molecular weight excluding hydrogens is 452 g/mol. The summed E-state index contributed by atoms with van der Waals surface area (Å²) in [5.74, 6) is 0.570. The van der Waals surface area contributed by atoms with Gasteiger partial charge in [-0.1, -0.05) is 27.5 Å². The number of rotatable bonds is 7. The fourth-order valence-corrected chi connectivity index (χ4v) is 2.63. The van der Waals surface area contributed by atoms with E-state index in [1.54, 1.807) is 31.2 Å². The van der Waals surface area contributed by atoms with Crippen molar-refractivity contribution >= 4 is 50.7 Å². The Morgan fingerprint density at radius 3 is 2.11 bits per heavy atom. The quantitative estimate of drug-likeness (QED) is 0.587. The smallest absolute Gasteiger partial charge is 0.255 e. The Bertz CT molecular complexity index is 864. The molecule has 2 aromatic carbocycles. The number of nitrogens with one attached hydrogen (secondary N) is 2. The largest absolute Gasteiger partial charge is 0.493 e. The second-order valence-corrected chi connectivity index (χ2v) is 7.45. The summed E-state index contributed by atoms with van der Waals surface area (Å²) in [6, 6.07) is 7.83. The van der Waals surface area contributed by atoms with E-state index in [1.165, 1.54) is 27.4 Å². The van der Waals surface area contributed by atoms with Gasteiger partial charge in [0.2, 0.25) is 11.7 Å². The average Bonchev–Trinajstić information content (AvgIpc) is 2.68. The summed E-state index contributed by atoms with van der Waals surface area (Å²) < 4.78 is 15.8. The normalized spacial score (nSPS) is 11.4. The molecule has 0 aliphatic carbocycles. The van der Waals surface area contributed by atoms with Gasteiger partial charge in [0.15, 0.2) is 11.5 Å². The molecule has 0 aliphatic rings. The van der Waals surface area contributed by atoms with Crippen LogP contribution in [0.5, 0.6) is 17.2 Å². The highest BCUT2D eigenvalue weighted by Crippen LogP contribution is 2.40. The first-order chi connectivity index (χ1) is 13.3. The van der Waals surface area contributed by atoms with E-state index in [0.717, 1.165) is 0 Å². The second kappa shape index (κ2) is 9.66. The zero-order valence-corrected chi connectivity index (χ0v) is 18.1. The Hall–Kier alpha value is -2.45. The van der Waals surface area contributed by atoms with Gasteiger partial charge >= 0.3 is 0 Å². The number of benzene rings is 2. The van der Waals surface area contributed by atoms with Crippen LogP contribution in [0.2, 0.25) is 5.02 Å². The first-order valence-electron chi connectivity index (χ1n) is 8.16. The number of halogens is 2. The van der Waals surface area contributed by atoms with Gasteiger partial charge in [-0.25, -0.2) is 0 Å². The number of ether oxygens (including phenoxy) is 3. The molecule has 0 aliphatic heterocycles. The molecule has 0 heterocycles. The lowest BCUT2D eigenvalue weighted by Crippen LogP contribution is -2.20. The van der Waals surface area contributed by atoms with Crippen molar-refractivity contribution in [3.05, 3.63) is 40.9 Å². The van der Waals surface area contributed by atoms with Crippen LogP contribution in [0.3, 0.4) is 0 Å². The molecule has 0 bridgehead atoms. The molecule has 9 heteroatoms. The van der Waals surface area contributed by atoms with Crippen molar-refractivity contribution in [3.63, 3.8) is 0 Å². The lowest BCUT2D eigenvalue weighted by Gasteiger charge is -2.15. The molecule has 0 saturated carbocycles. The first-order valence-corrected chi connectivity index (χ1v) is 9.45. The van der Waals surface area contributed by atoms with E-state index in [1.807, 2.05) is 0 Å². The van der Waals surface area contributed by atoms with Crippen molar-refractivity contribution in [1.29, 1.82) is 0 Å². The van der Waals surface area contributed by atoms with Gasteiger partial charge < -0.3 is 24.8 Å². The molecule has 2 aromatic rings. The van der Waals surface area contributed by atoms with Gasteiger partial charge in [0.1, 0.15) is 0 Å². The van der Waals surface area contributed by atoms with Gasteiger partial charge in [-0.2, -0.15) is 0 Å². The Morgan fingerprint density at radius 1 is 1.00 bits per heavy atom. The minimum Gasteiger partial charge on any atom is -0.493 e. The standard InChI is InChI=1S/C19H20BrClN2O5/c1-10(20)18(24)23-14-7-11(5-6-13(14)21)19(25)22-12-8-15(26-2)17(28-4)16(9-12)27-3/h5-10H,1-4H3,(H,22,25)(H,23,24). The molecule has 1 unspecified atom stereocenters. The van der Waals surface area contributed by atoms with Crippen LogP contribution in [0, 0.1) is 0 Å². The first kappa shape index (κ1) is 21.8. The third-order valence-electron chi connectivity index (χ3n) is 3.77. The highest BCUT2D eigenvalue weighted by Gasteiger charge is 2.17. The molecule has 0 aromatic heterocycles. The van der Waals surface area contributed by atoms with Gasteiger partial charge in [0.25, 0.3) is 5.91 Å². The molecule has 2 amide bonds. The maximum Gasteiger partial charge on any atom is 0.255 e. The van der Waals surface area contributed by atoms with Crippen molar-refractivity contribution in [3.8, 4) is 17.2 Å². The lowest BCUT2D eigenvalue weighted by atomic mass is 10.1. The van der Waals surface area contributed by atoms with Crippen LogP contribution in [-0.2, 0) is 4.79 Å². The number of alkyl halides is 1. The number of methoxy groups -OCH3 is 3. The van der Waals surface area contributed by atoms with E-state index in [2.05, 4.69) is 26.6 Å². The maximum atomic E-state index is 12.7. The van der Waals surface area contributed by atoms with E-state index >= 15 is 0 Å². The van der Waals surface area contributed by atoms with Crippen molar-refractivity contribution < 1.29 is 23.8 Å². The molecule has 2 rings (SSSR count). The number of carbonyl (C=O) groups excluding carboxylic acids is 2. The van der Waals surface area contributed by atoms with Crippen molar-refractivity contribution in [2.45, 2.75) is 11.8 Å². The Balaban J connectivity index is 2.29. The number of anilines is 2. The number of hydrogen-bond donors (Lipinski definition) is 2. The Labute approximate surface area is 176 Å². The predicted molar refractivity (Wildman–Crippen MR) is 113 cm³/mol. The second-order valence-electron chi connectivity index (χ2n) is 5.67. The molecule has 0 spiro atoms. The average molecular weight is 472 g/mol. The summed E-state index contributed by atoms with van der Waals surface area (Å²) >= 11 is 9.30. The number of hydrogen-bond acceptors (Lipinski definition) is 5. The number of amides is 2. The SMILES string of the molecule is COc1cc(NC(=O)c2ccc(Cl)c(NC(=O)C(C)Br)c2)cc(OC)c1OC. The molecule has 1 atom stereocenters. The highest BCUT2D eigenvalue weighted by atomic mass is 79.9. The summed E-state index contributed by atoms with van der Waals surface area (Å²) in [5, 5.41) is 5.75.